The van der Waals surface area contributed by atoms with Gasteiger partial charge < -0.3 is 5.11 Å². The molecule has 0 aliphatic heterocycles. The highest BCUT2D eigenvalue weighted by molar-refractivity contribution is 6.28. The van der Waals surface area contributed by atoms with E-state index < -0.39 is 0 Å². The zero-order valence-corrected chi connectivity index (χ0v) is 9.23. The Labute approximate surface area is 91.7 Å². The molecule has 0 atom stereocenters. The van der Waals surface area contributed by atoms with Crippen molar-refractivity contribution in [2.24, 2.45) is 5.92 Å². The molecule has 0 aliphatic rings. The quantitative estimate of drug-likeness (QED) is 0.794. The third-order valence-electron chi connectivity index (χ3n) is 1.99. The van der Waals surface area contributed by atoms with E-state index in [2.05, 4.69) is 28.9 Å². The molecule has 0 aromatic carbocycles. The summed E-state index contributed by atoms with van der Waals surface area (Å²) in [5, 5.41) is 14.2. The van der Waals surface area contributed by atoms with Gasteiger partial charge in [0.05, 0.1) is 6.20 Å². The fraction of sp³-hybridized carbons (Fsp3) is 0.444. The number of hydrogen-bond acceptors (Lipinski definition) is 4. The molecule has 0 aliphatic carbocycles. The highest BCUT2D eigenvalue weighted by Crippen LogP contribution is 2.22. The number of fused-ring (bicyclic) bond motifs is 1. The number of halogens is 1. The van der Waals surface area contributed by atoms with Crippen LogP contribution in [0.25, 0.3) is 11.0 Å². The Morgan fingerprint density at radius 3 is 2.87 bits per heavy atom. The highest BCUT2D eigenvalue weighted by Gasteiger charge is 2.11. The Kier molecular flexibility index (Phi) is 2.48. The van der Waals surface area contributed by atoms with Gasteiger partial charge in [-0.1, -0.05) is 13.8 Å². The van der Waals surface area contributed by atoms with Crippen molar-refractivity contribution in [2.45, 2.75) is 20.4 Å². The second-order valence-electron chi connectivity index (χ2n) is 3.77. The Hall–Kier alpha value is -1.36. The van der Waals surface area contributed by atoms with E-state index in [0.717, 1.165) is 6.54 Å². The third-order valence-corrected chi connectivity index (χ3v) is 2.16. The van der Waals surface area contributed by atoms with E-state index in [9.17, 15) is 5.11 Å². The van der Waals surface area contributed by atoms with Crippen LogP contribution in [0.2, 0.25) is 5.28 Å². The maximum absolute atomic E-state index is 9.51. The molecular formula is C9H11ClN4O. The van der Waals surface area contributed by atoms with Crippen LogP contribution >= 0.6 is 11.6 Å². The summed E-state index contributed by atoms with van der Waals surface area (Å²) in [4.78, 5) is 7.70. The van der Waals surface area contributed by atoms with E-state index in [0.29, 0.717) is 17.0 Å². The lowest BCUT2D eigenvalue weighted by Gasteiger charge is -2.05. The van der Waals surface area contributed by atoms with Gasteiger partial charge in [-0.05, 0) is 17.5 Å². The van der Waals surface area contributed by atoms with Crippen molar-refractivity contribution in [3.8, 4) is 5.88 Å². The lowest BCUT2D eigenvalue weighted by molar-refractivity contribution is 0.458. The van der Waals surface area contributed by atoms with Crippen LogP contribution in [-0.4, -0.2) is 24.9 Å². The van der Waals surface area contributed by atoms with E-state index in [1.54, 1.807) is 10.9 Å². The summed E-state index contributed by atoms with van der Waals surface area (Å²) in [7, 11) is 0. The number of rotatable bonds is 2. The topological polar surface area (TPSA) is 63.8 Å². The molecular weight excluding hydrogens is 216 g/mol. The van der Waals surface area contributed by atoms with Crippen LogP contribution in [0.4, 0.5) is 0 Å². The molecule has 0 fully saturated rings. The minimum Gasteiger partial charge on any atom is -0.493 e. The Bertz CT molecular complexity index is 494. The predicted octanol–water partition coefficient (Wildman–Crippen LogP) is 1.84. The first-order valence-corrected chi connectivity index (χ1v) is 5.03. The normalized spacial score (nSPS) is 11.5. The van der Waals surface area contributed by atoms with Crippen LogP contribution in [0.15, 0.2) is 6.20 Å². The molecule has 1 N–H and O–H groups in total. The van der Waals surface area contributed by atoms with Crippen molar-refractivity contribution in [3.63, 3.8) is 0 Å². The van der Waals surface area contributed by atoms with Gasteiger partial charge in [0.25, 0.3) is 0 Å². The molecule has 2 heterocycles. The largest absolute Gasteiger partial charge is 0.493 e. The van der Waals surface area contributed by atoms with Crippen LogP contribution in [0.1, 0.15) is 13.8 Å². The van der Waals surface area contributed by atoms with E-state index in [1.165, 1.54) is 0 Å². The van der Waals surface area contributed by atoms with E-state index in [4.69, 9.17) is 11.6 Å². The number of nitrogens with zero attached hydrogens (tertiary/aromatic N) is 4. The van der Waals surface area contributed by atoms with Gasteiger partial charge in [0.2, 0.25) is 11.2 Å². The summed E-state index contributed by atoms with van der Waals surface area (Å²) < 4.78 is 1.72. The molecule has 0 unspecified atom stereocenters. The molecule has 15 heavy (non-hydrogen) atoms. The summed E-state index contributed by atoms with van der Waals surface area (Å²) in [6.07, 6.45) is 1.55. The SMILES string of the molecule is CC(C)Cn1ncc2c(O)nc(Cl)nc21. The molecule has 2 aromatic heterocycles. The molecule has 80 valence electrons. The summed E-state index contributed by atoms with van der Waals surface area (Å²) >= 11 is 5.67. The van der Waals surface area contributed by atoms with Crippen molar-refractivity contribution < 1.29 is 5.11 Å². The minimum absolute atomic E-state index is 0.0329. The zero-order chi connectivity index (χ0) is 11.0. The van der Waals surface area contributed by atoms with E-state index in [-0.39, 0.29) is 11.2 Å². The molecule has 0 saturated heterocycles. The number of aromatic nitrogens is 4. The zero-order valence-electron chi connectivity index (χ0n) is 8.48. The van der Waals surface area contributed by atoms with Crippen molar-refractivity contribution in [1.82, 2.24) is 19.7 Å². The first-order chi connectivity index (χ1) is 7.08. The second-order valence-corrected chi connectivity index (χ2v) is 4.11. The van der Waals surface area contributed by atoms with Crippen molar-refractivity contribution in [2.75, 3.05) is 0 Å². The third kappa shape index (κ3) is 1.87. The fourth-order valence-electron chi connectivity index (χ4n) is 1.39. The van der Waals surface area contributed by atoms with Gasteiger partial charge in [0, 0.05) is 6.54 Å². The van der Waals surface area contributed by atoms with Gasteiger partial charge >= 0.3 is 0 Å². The highest BCUT2D eigenvalue weighted by atomic mass is 35.5. The van der Waals surface area contributed by atoms with Gasteiger partial charge in [0.15, 0.2) is 5.65 Å². The first kappa shape index (κ1) is 10.2. The average Bonchev–Trinajstić information content (AvgIpc) is 2.48. The standard InChI is InChI=1S/C9H11ClN4O/c1-5(2)4-14-7-6(3-11-14)8(15)13-9(10)12-7/h3,5H,4H2,1-2H3,(H,12,13,15). The Balaban J connectivity index is 2.58. The fourth-order valence-corrected chi connectivity index (χ4v) is 1.55. The molecule has 0 saturated carbocycles. The smallest absolute Gasteiger partial charge is 0.227 e. The van der Waals surface area contributed by atoms with E-state index in [1.807, 2.05) is 0 Å². The Morgan fingerprint density at radius 1 is 1.47 bits per heavy atom. The number of aromatic hydroxyl groups is 1. The molecule has 0 bridgehead atoms. The summed E-state index contributed by atoms with van der Waals surface area (Å²) in [5.41, 5.74) is 0.571. The van der Waals surface area contributed by atoms with Gasteiger partial charge in [-0.3, -0.25) is 0 Å². The van der Waals surface area contributed by atoms with Crippen LogP contribution in [0.5, 0.6) is 5.88 Å². The minimum atomic E-state index is -0.125. The van der Waals surface area contributed by atoms with Gasteiger partial charge in [-0.25, -0.2) is 4.68 Å². The molecule has 2 rings (SSSR count). The average molecular weight is 227 g/mol. The van der Waals surface area contributed by atoms with Crippen LogP contribution in [-0.2, 0) is 6.54 Å². The monoisotopic (exact) mass is 226 g/mol. The van der Waals surface area contributed by atoms with Crippen LogP contribution < -0.4 is 0 Å². The first-order valence-electron chi connectivity index (χ1n) is 4.66. The maximum Gasteiger partial charge on any atom is 0.227 e. The van der Waals surface area contributed by atoms with Gasteiger partial charge in [0.1, 0.15) is 5.39 Å². The summed E-state index contributed by atoms with van der Waals surface area (Å²) in [6.45, 7) is 4.89. The molecule has 0 radical (unpaired) electrons. The van der Waals surface area contributed by atoms with E-state index >= 15 is 0 Å². The molecule has 6 heteroatoms. The molecule has 2 aromatic rings. The lowest BCUT2D eigenvalue weighted by Crippen LogP contribution is -2.06. The summed E-state index contributed by atoms with van der Waals surface area (Å²) in [6, 6.07) is 0. The van der Waals surface area contributed by atoms with Crippen LogP contribution in [0.3, 0.4) is 0 Å². The Morgan fingerprint density at radius 2 is 2.20 bits per heavy atom. The predicted molar refractivity (Wildman–Crippen MR) is 56.8 cm³/mol. The van der Waals surface area contributed by atoms with Crippen LogP contribution in [0, 0.1) is 5.92 Å². The molecule has 0 amide bonds. The van der Waals surface area contributed by atoms with Crippen molar-refractivity contribution in [3.05, 3.63) is 11.5 Å². The summed E-state index contributed by atoms with van der Waals surface area (Å²) in [5.74, 6) is 0.323. The molecule has 0 spiro atoms. The maximum atomic E-state index is 9.51. The molecule has 5 nitrogen and oxygen atoms in total. The van der Waals surface area contributed by atoms with Crippen molar-refractivity contribution in [1.29, 1.82) is 0 Å². The number of hydrogen-bond donors (Lipinski definition) is 1. The van der Waals surface area contributed by atoms with Gasteiger partial charge in [-0.15, -0.1) is 0 Å². The lowest BCUT2D eigenvalue weighted by atomic mass is 10.2. The second kappa shape index (κ2) is 3.66. The van der Waals surface area contributed by atoms with Crippen molar-refractivity contribution >= 4 is 22.6 Å². The van der Waals surface area contributed by atoms with Gasteiger partial charge in [-0.2, -0.15) is 15.1 Å².